The van der Waals surface area contributed by atoms with E-state index in [1.165, 1.54) is 10.8 Å². The number of pyridine rings is 2. The number of hydrogen-bond donors (Lipinski definition) is 2. The fourth-order valence-corrected chi connectivity index (χ4v) is 4.50. The van der Waals surface area contributed by atoms with E-state index in [9.17, 15) is 15.0 Å². The molecule has 2 aliphatic rings. The number of hydrogen-bond acceptors (Lipinski definition) is 7. The summed E-state index contributed by atoms with van der Waals surface area (Å²) in [7, 11) is 0. The van der Waals surface area contributed by atoms with Gasteiger partial charge in [-0.25, -0.2) is 19.3 Å². The number of aryl methyl sites for hydroxylation is 1. The van der Waals surface area contributed by atoms with Gasteiger partial charge < -0.3 is 24.7 Å². The van der Waals surface area contributed by atoms with Crippen molar-refractivity contribution in [3.63, 3.8) is 0 Å². The molecule has 3 aromatic heterocycles. The van der Waals surface area contributed by atoms with Gasteiger partial charge in [-0.05, 0) is 50.3 Å². The lowest BCUT2D eigenvalue weighted by molar-refractivity contribution is 0.147. The second kappa shape index (κ2) is 8.65. The topological polar surface area (TPSA) is 104 Å². The Morgan fingerprint density at radius 2 is 1.61 bits per heavy atom. The summed E-state index contributed by atoms with van der Waals surface area (Å²) in [6.45, 7) is 4.41. The second-order valence-electron chi connectivity index (χ2n) is 8.54. The van der Waals surface area contributed by atoms with Crippen molar-refractivity contribution in [2.24, 2.45) is 0 Å². The summed E-state index contributed by atoms with van der Waals surface area (Å²) in [5, 5.41) is 21.2. The van der Waals surface area contributed by atoms with Crippen molar-refractivity contribution >= 4 is 11.9 Å². The quantitative estimate of drug-likeness (QED) is 0.633. The molecule has 3 aromatic rings. The summed E-state index contributed by atoms with van der Waals surface area (Å²) in [5.41, 5.74) is 3.23. The molecular formula is C24H27N5O4. The first kappa shape index (κ1) is 21.1. The van der Waals surface area contributed by atoms with Crippen LogP contribution in [-0.4, -0.2) is 61.9 Å². The minimum Gasteiger partial charge on any atom is -0.494 e. The van der Waals surface area contributed by atoms with Crippen LogP contribution in [0, 0.1) is 6.92 Å². The summed E-state index contributed by atoms with van der Waals surface area (Å²) in [6.07, 6.45) is 6.35. The van der Waals surface area contributed by atoms with Crippen LogP contribution in [0.1, 0.15) is 29.5 Å². The number of anilines is 1. The van der Waals surface area contributed by atoms with Crippen LogP contribution in [0.25, 0.3) is 5.69 Å². The fourth-order valence-electron chi connectivity index (χ4n) is 4.50. The first-order valence-corrected chi connectivity index (χ1v) is 11.3. The molecule has 5 rings (SSSR count). The Morgan fingerprint density at radius 1 is 0.909 bits per heavy atom. The third kappa shape index (κ3) is 4.06. The van der Waals surface area contributed by atoms with Crippen LogP contribution >= 0.6 is 0 Å². The van der Waals surface area contributed by atoms with Gasteiger partial charge in [-0.15, -0.1) is 0 Å². The molecule has 0 unspecified atom stereocenters. The lowest BCUT2D eigenvalue weighted by Gasteiger charge is -2.34. The van der Waals surface area contributed by atoms with E-state index >= 15 is 0 Å². The summed E-state index contributed by atoms with van der Waals surface area (Å²) in [4.78, 5) is 25.1. The molecule has 9 nitrogen and oxygen atoms in total. The van der Waals surface area contributed by atoms with Crippen LogP contribution < -0.4 is 9.64 Å². The SMILES string of the molecule is Cc1ccc(N2CCN(C(=O)Oc3ccc(-n4c(O)c5c(c4O)CCCC5)cn3)CC2)nc1. The second-order valence-corrected chi connectivity index (χ2v) is 8.54. The molecule has 1 aliphatic heterocycles. The molecule has 1 fully saturated rings. The number of nitrogens with zero attached hydrogens (tertiary/aromatic N) is 5. The average Bonchev–Trinajstić information content (AvgIpc) is 3.10. The van der Waals surface area contributed by atoms with Gasteiger partial charge in [-0.3, -0.25) is 0 Å². The molecule has 0 saturated carbocycles. The number of fused-ring (bicyclic) bond motifs is 1. The van der Waals surface area contributed by atoms with Gasteiger partial charge in [0.15, 0.2) is 0 Å². The number of carbonyl (C=O) groups excluding carboxylic acids is 1. The molecule has 1 amide bonds. The van der Waals surface area contributed by atoms with E-state index in [-0.39, 0.29) is 17.6 Å². The van der Waals surface area contributed by atoms with Crippen LogP contribution in [0.2, 0.25) is 0 Å². The molecule has 0 aromatic carbocycles. The highest BCUT2D eigenvalue weighted by Gasteiger charge is 2.26. The molecular weight excluding hydrogens is 422 g/mol. The van der Waals surface area contributed by atoms with E-state index in [2.05, 4.69) is 14.9 Å². The van der Waals surface area contributed by atoms with Crippen molar-refractivity contribution in [3.8, 4) is 23.3 Å². The highest BCUT2D eigenvalue weighted by Crippen LogP contribution is 2.40. The zero-order chi connectivity index (χ0) is 22.9. The molecule has 0 atom stereocenters. The lowest BCUT2D eigenvalue weighted by Crippen LogP contribution is -2.49. The zero-order valence-corrected chi connectivity index (χ0v) is 18.6. The standard InChI is InChI=1S/C24H27N5O4/c1-16-6-8-20(25-14-16)27-10-12-28(13-11-27)24(32)33-21-9-7-17(15-26-21)29-22(30)18-4-2-3-5-19(18)23(29)31/h6-9,14-15,30-31H,2-5,10-13H2,1H3. The van der Waals surface area contributed by atoms with Crippen molar-refractivity contribution < 1.29 is 19.7 Å². The molecule has 33 heavy (non-hydrogen) atoms. The van der Waals surface area contributed by atoms with Crippen LogP contribution in [0.15, 0.2) is 36.7 Å². The van der Waals surface area contributed by atoms with E-state index in [1.54, 1.807) is 17.0 Å². The highest BCUT2D eigenvalue weighted by molar-refractivity contribution is 5.70. The summed E-state index contributed by atoms with van der Waals surface area (Å²) in [6, 6.07) is 7.26. The number of piperazine rings is 1. The summed E-state index contributed by atoms with van der Waals surface area (Å²) >= 11 is 0. The molecule has 1 aliphatic carbocycles. The smallest absolute Gasteiger partial charge is 0.416 e. The Hall–Kier alpha value is -3.75. The molecule has 172 valence electrons. The molecule has 0 spiro atoms. The van der Waals surface area contributed by atoms with Crippen molar-refractivity contribution in [3.05, 3.63) is 53.3 Å². The van der Waals surface area contributed by atoms with Crippen LogP contribution in [0.4, 0.5) is 10.6 Å². The third-order valence-corrected chi connectivity index (χ3v) is 6.36. The predicted octanol–water partition coefficient (Wildman–Crippen LogP) is 3.19. The molecule has 1 saturated heterocycles. The van der Waals surface area contributed by atoms with Gasteiger partial charge in [0.25, 0.3) is 0 Å². The van der Waals surface area contributed by atoms with E-state index in [4.69, 9.17) is 4.74 Å². The van der Waals surface area contributed by atoms with Gasteiger partial charge in [0.1, 0.15) is 5.82 Å². The number of carbonyl (C=O) groups is 1. The number of amides is 1. The fraction of sp³-hybridized carbons (Fsp3) is 0.375. The molecule has 0 bridgehead atoms. The van der Waals surface area contributed by atoms with E-state index in [0.29, 0.717) is 31.9 Å². The summed E-state index contributed by atoms with van der Waals surface area (Å²) < 4.78 is 6.85. The number of rotatable bonds is 3. The van der Waals surface area contributed by atoms with Crippen molar-refractivity contribution in [2.75, 3.05) is 31.1 Å². The maximum Gasteiger partial charge on any atom is 0.416 e. The average molecular weight is 450 g/mol. The summed E-state index contributed by atoms with van der Waals surface area (Å²) in [5.74, 6) is 1.18. The van der Waals surface area contributed by atoms with Gasteiger partial charge in [-0.2, -0.15) is 0 Å². The first-order valence-electron chi connectivity index (χ1n) is 11.3. The van der Waals surface area contributed by atoms with Crippen LogP contribution in [0.5, 0.6) is 17.6 Å². The van der Waals surface area contributed by atoms with Gasteiger partial charge in [-0.1, -0.05) is 6.07 Å². The molecule has 0 radical (unpaired) electrons. The van der Waals surface area contributed by atoms with Crippen LogP contribution in [0.3, 0.4) is 0 Å². The van der Waals surface area contributed by atoms with Gasteiger partial charge in [0, 0.05) is 49.6 Å². The maximum atomic E-state index is 12.6. The normalized spacial score (nSPS) is 15.9. The molecule has 2 N–H and O–H groups in total. The predicted molar refractivity (Wildman–Crippen MR) is 122 cm³/mol. The van der Waals surface area contributed by atoms with E-state index in [0.717, 1.165) is 48.2 Å². The lowest BCUT2D eigenvalue weighted by atomic mass is 9.95. The Morgan fingerprint density at radius 3 is 2.18 bits per heavy atom. The van der Waals surface area contributed by atoms with E-state index in [1.807, 2.05) is 25.3 Å². The van der Waals surface area contributed by atoms with E-state index < -0.39 is 6.09 Å². The number of ether oxygens (including phenoxy) is 1. The molecule has 9 heteroatoms. The minimum absolute atomic E-state index is 0.0506. The Bertz CT molecular complexity index is 1120. The largest absolute Gasteiger partial charge is 0.494 e. The van der Waals surface area contributed by atoms with Gasteiger partial charge in [0.05, 0.1) is 11.9 Å². The Balaban J connectivity index is 1.22. The van der Waals surface area contributed by atoms with Gasteiger partial charge >= 0.3 is 6.09 Å². The van der Waals surface area contributed by atoms with Crippen molar-refractivity contribution in [1.82, 2.24) is 19.4 Å². The number of aromatic hydroxyl groups is 2. The minimum atomic E-state index is -0.450. The Kier molecular flexibility index (Phi) is 5.53. The zero-order valence-electron chi connectivity index (χ0n) is 18.6. The van der Waals surface area contributed by atoms with Crippen molar-refractivity contribution in [2.45, 2.75) is 32.6 Å². The number of aromatic nitrogens is 3. The highest BCUT2D eigenvalue weighted by atomic mass is 16.6. The monoisotopic (exact) mass is 449 g/mol. The van der Waals surface area contributed by atoms with Gasteiger partial charge in [0.2, 0.25) is 17.6 Å². The first-order chi connectivity index (χ1) is 16.0. The Labute approximate surface area is 191 Å². The maximum absolute atomic E-state index is 12.6. The third-order valence-electron chi connectivity index (χ3n) is 6.36. The van der Waals surface area contributed by atoms with Crippen LogP contribution in [-0.2, 0) is 12.8 Å². The van der Waals surface area contributed by atoms with Crippen molar-refractivity contribution in [1.29, 1.82) is 0 Å². The molecule has 4 heterocycles.